The molecule has 0 unspecified atom stereocenters. The van der Waals surface area contributed by atoms with E-state index in [1.54, 1.807) is 10.9 Å². The van der Waals surface area contributed by atoms with Gasteiger partial charge in [-0.1, -0.05) is 0 Å². The largest absolute Gasteiger partial charge is 0.369 e. The summed E-state index contributed by atoms with van der Waals surface area (Å²) < 4.78 is 2.68. The van der Waals surface area contributed by atoms with Crippen LogP contribution in [0.2, 0.25) is 0 Å². The van der Waals surface area contributed by atoms with Gasteiger partial charge in [0.15, 0.2) is 0 Å². The predicted molar refractivity (Wildman–Crippen MR) is 65.1 cm³/mol. The summed E-state index contributed by atoms with van der Waals surface area (Å²) in [4.78, 5) is 8.03. The molecule has 0 aromatic carbocycles. The second-order valence-corrected chi connectivity index (χ2v) is 4.27. The van der Waals surface area contributed by atoms with Gasteiger partial charge in [-0.05, 0) is 27.9 Å². The number of rotatable bonds is 4. The Balaban J connectivity index is 1.87. The van der Waals surface area contributed by atoms with E-state index in [1.165, 1.54) is 11.9 Å². The molecular weight excluding hydrogens is 270 g/mol. The highest BCUT2D eigenvalue weighted by molar-refractivity contribution is 9.10. The molecule has 16 heavy (non-hydrogen) atoms. The highest BCUT2D eigenvalue weighted by Gasteiger charge is 2.00. The minimum absolute atomic E-state index is 0.818. The molecular formula is C10H12BrN5. The van der Waals surface area contributed by atoms with E-state index in [2.05, 4.69) is 36.3 Å². The van der Waals surface area contributed by atoms with Gasteiger partial charge in [-0.3, -0.25) is 4.68 Å². The lowest BCUT2D eigenvalue weighted by Crippen LogP contribution is -2.06. The lowest BCUT2D eigenvalue weighted by atomic mass is 10.2. The average Bonchev–Trinajstić information content (AvgIpc) is 2.67. The van der Waals surface area contributed by atoms with E-state index in [0.717, 1.165) is 23.3 Å². The van der Waals surface area contributed by atoms with Crippen molar-refractivity contribution in [1.29, 1.82) is 0 Å². The zero-order valence-electron chi connectivity index (χ0n) is 8.89. The molecule has 0 aliphatic carbocycles. The van der Waals surface area contributed by atoms with Gasteiger partial charge in [0, 0.05) is 26.0 Å². The van der Waals surface area contributed by atoms with Crippen molar-refractivity contribution < 1.29 is 0 Å². The van der Waals surface area contributed by atoms with Gasteiger partial charge in [0.2, 0.25) is 0 Å². The zero-order chi connectivity index (χ0) is 11.4. The van der Waals surface area contributed by atoms with E-state index in [9.17, 15) is 0 Å². The Kier molecular flexibility index (Phi) is 3.51. The SMILES string of the molecule is Cn1cc(CCNc2ncncc2Br)cn1. The summed E-state index contributed by atoms with van der Waals surface area (Å²) in [6.45, 7) is 0.821. The Bertz CT molecular complexity index is 468. The van der Waals surface area contributed by atoms with Crippen molar-refractivity contribution in [2.45, 2.75) is 6.42 Å². The number of halogens is 1. The van der Waals surface area contributed by atoms with Crippen molar-refractivity contribution in [3.05, 3.63) is 35.0 Å². The number of nitrogens with zero attached hydrogens (tertiary/aromatic N) is 4. The molecule has 1 N–H and O–H groups in total. The van der Waals surface area contributed by atoms with Crippen molar-refractivity contribution in [3.63, 3.8) is 0 Å². The van der Waals surface area contributed by atoms with Gasteiger partial charge in [-0.2, -0.15) is 5.10 Å². The number of nitrogens with one attached hydrogen (secondary N) is 1. The third-order valence-corrected chi connectivity index (χ3v) is 2.71. The number of aryl methyl sites for hydroxylation is 1. The van der Waals surface area contributed by atoms with Crippen molar-refractivity contribution in [2.24, 2.45) is 7.05 Å². The van der Waals surface area contributed by atoms with E-state index in [0.29, 0.717) is 0 Å². The molecule has 0 spiro atoms. The summed E-state index contributed by atoms with van der Waals surface area (Å²) in [6, 6.07) is 0. The molecule has 6 heteroatoms. The number of aromatic nitrogens is 4. The smallest absolute Gasteiger partial charge is 0.143 e. The number of hydrogen-bond donors (Lipinski definition) is 1. The fourth-order valence-corrected chi connectivity index (χ4v) is 1.73. The van der Waals surface area contributed by atoms with Crippen LogP contribution in [0.3, 0.4) is 0 Å². The van der Waals surface area contributed by atoms with Crippen LogP contribution in [-0.2, 0) is 13.5 Å². The molecule has 2 heterocycles. The molecule has 2 aromatic rings. The average molecular weight is 282 g/mol. The minimum Gasteiger partial charge on any atom is -0.369 e. The molecule has 0 radical (unpaired) electrons. The van der Waals surface area contributed by atoms with E-state index in [1.807, 2.05) is 19.4 Å². The van der Waals surface area contributed by atoms with Gasteiger partial charge in [-0.25, -0.2) is 9.97 Å². The first kappa shape index (κ1) is 11.1. The van der Waals surface area contributed by atoms with Crippen LogP contribution in [0.15, 0.2) is 29.4 Å². The highest BCUT2D eigenvalue weighted by atomic mass is 79.9. The lowest BCUT2D eigenvalue weighted by Gasteiger charge is -2.05. The Hall–Kier alpha value is -1.43. The van der Waals surface area contributed by atoms with Crippen LogP contribution in [0, 0.1) is 0 Å². The van der Waals surface area contributed by atoms with Crippen molar-refractivity contribution in [2.75, 3.05) is 11.9 Å². The third kappa shape index (κ3) is 2.79. The maximum atomic E-state index is 4.12. The fraction of sp³-hybridized carbons (Fsp3) is 0.300. The monoisotopic (exact) mass is 281 g/mol. The molecule has 2 aromatic heterocycles. The van der Waals surface area contributed by atoms with E-state index in [4.69, 9.17) is 0 Å². The summed E-state index contributed by atoms with van der Waals surface area (Å²) in [5.41, 5.74) is 1.21. The summed E-state index contributed by atoms with van der Waals surface area (Å²) in [5, 5.41) is 7.35. The van der Waals surface area contributed by atoms with E-state index >= 15 is 0 Å². The third-order valence-electron chi connectivity index (χ3n) is 2.13. The molecule has 0 aliphatic rings. The summed E-state index contributed by atoms with van der Waals surface area (Å²) in [5.74, 6) is 0.818. The van der Waals surface area contributed by atoms with Crippen molar-refractivity contribution >= 4 is 21.7 Å². The van der Waals surface area contributed by atoms with Crippen LogP contribution in [0.25, 0.3) is 0 Å². The molecule has 2 rings (SSSR count). The van der Waals surface area contributed by atoms with Crippen LogP contribution in [0.1, 0.15) is 5.56 Å². The van der Waals surface area contributed by atoms with E-state index in [-0.39, 0.29) is 0 Å². The molecule has 0 aliphatic heterocycles. The summed E-state index contributed by atoms with van der Waals surface area (Å²) >= 11 is 3.38. The molecule has 0 saturated heterocycles. The second-order valence-electron chi connectivity index (χ2n) is 3.42. The Labute approximate surface area is 102 Å². The Morgan fingerprint density at radius 2 is 2.31 bits per heavy atom. The van der Waals surface area contributed by atoms with Gasteiger partial charge >= 0.3 is 0 Å². The standard InChI is InChI=1S/C10H12BrN5/c1-16-6-8(4-15-16)2-3-13-10-9(11)5-12-7-14-10/h4-7H,2-3H2,1H3,(H,12,13,14). The van der Waals surface area contributed by atoms with Gasteiger partial charge in [0.25, 0.3) is 0 Å². The number of anilines is 1. The fourth-order valence-electron chi connectivity index (χ4n) is 1.37. The van der Waals surface area contributed by atoms with Crippen LogP contribution < -0.4 is 5.32 Å². The molecule has 5 nitrogen and oxygen atoms in total. The minimum atomic E-state index is 0.818. The topological polar surface area (TPSA) is 55.6 Å². The normalized spacial score (nSPS) is 10.4. The Morgan fingerprint density at radius 1 is 1.44 bits per heavy atom. The second kappa shape index (κ2) is 5.07. The molecule has 0 saturated carbocycles. The molecule has 0 atom stereocenters. The van der Waals surface area contributed by atoms with Gasteiger partial charge in [0.05, 0.1) is 10.7 Å². The predicted octanol–water partition coefficient (Wildman–Crippen LogP) is 1.63. The first-order valence-corrected chi connectivity index (χ1v) is 5.72. The molecule has 84 valence electrons. The highest BCUT2D eigenvalue weighted by Crippen LogP contribution is 2.16. The quantitative estimate of drug-likeness (QED) is 0.926. The Morgan fingerprint density at radius 3 is 3.00 bits per heavy atom. The van der Waals surface area contributed by atoms with Gasteiger partial charge in [0.1, 0.15) is 12.1 Å². The van der Waals surface area contributed by atoms with Crippen LogP contribution >= 0.6 is 15.9 Å². The van der Waals surface area contributed by atoms with Crippen LogP contribution in [-0.4, -0.2) is 26.3 Å². The van der Waals surface area contributed by atoms with Gasteiger partial charge in [-0.15, -0.1) is 0 Å². The van der Waals surface area contributed by atoms with Crippen LogP contribution in [0.4, 0.5) is 5.82 Å². The zero-order valence-corrected chi connectivity index (χ0v) is 10.5. The van der Waals surface area contributed by atoms with Crippen molar-refractivity contribution in [1.82, 2.24) is 19.7 Å². The lowest BCUT2D eigenvalue weighted by molar-refractivity contribution is 0.767. The maximum absolute atomic E-state index is 4.12. The van der Waals surface area contributed by atoms with Crippen LogP contribution in [0.5, 0.6) is 0 Å². The molecule has 0 amide bonds. The molecule has 0 bridgehead atoms. The summed E-state index contributed by atoms with van der Waals surface area (Å²) in [7, 11) is 1.91. The number of hydrogen-bond acceptors (Lipinski definition) is 4. The van der Waals surface area contributed by atoms with Gasteiger partial charge < -0.3 is 5.32 Å². The van der Waals surface area contributed by atoms with Crippen molar-refractivity contribution in [3.8, 4) is 0 Å². The summed E-state index contributed by atoms with van der Waals surface area (Å²) in [6.07, 6.45) is 8.05. The molecule has 0 fully saturated rings. The van der Waals surface area contributed by atoms with E-state index < -0.39 is 0 Å². The first-order chi connectivity index (χ1) is 7.75. The maximum Gasteiger partial charge on any atom is 0.143 e. The first-order valence-electron chi connectivity index (χ1n) is 4.92.